The highest BCUT2D eigenvalue weighted by molar-refractivity contribution is 9.11. The maximum Gasteiger partial charge on any atom is 0.106 e. The zero-order valence-corrected chi connectivity index (χ0v) is 8.31. The SMILES string of the molecule is NCc1nc(Br)ccc1Br. The van der Waals surface area contributed by atoms with Gasteiger partial charge < -0.3 is 5.73 Å². The second-order valence-corrected chi connectivity index (χ2v) is 3.43. The maximum atomic E-state index is 5.41. The van der Waals surface area contributed by atoms with Crippen molar-refractivity contribution >= 4 is 31.9 Å². The van der Waals surface area contributed by atoms with E-state index in [1.54, 1.807) is 0 Å². The van der Waals surface area contributed by atoms with Crippen LogP contribution in [0.15, 0.2) is 21.2 Å². The molecule has 0 aromatic carbocycles. The summed E-state index contributed by atoms with van der Waals surface area (Å²) in [5, 5.41) is 0. The van der Waals surface area contributed by atoms with Gasteiger partial charge in [-0.3, -0.25) is 0 Å². The molecule has 0 spiro atoms. The lowest BCUT2D eigenvalue weighted by atomic mass is 10.4. The Morgan fingerprint density at radius 2 is 2.10 bits per heavy atom. The number of aromatic nitrogens is 1. The summed E-state index contributed by atoms with van der Waals surface area (Å²) in [7, 11) is 0. The van der Waals surface area contributed by atoms with Crippen molar-refractivity contribution in [1.82, 2.24) is 4.98 Å². The van der Waals surface area contributed by atoms with Gasteiger partial charge in [-0.2, -0.15) is 0 Å². The van der Waals surface area contributed by atoms with Crippen LogP contribution in [0.3, 0.4) is 0 Å². The first-order valence-electron chi connectivity index (χ1n) is 2.75. The van der Waals surface area contributed by atoms with Gasteiger partial charge in [0, 0.05) is 11.0 Å². The second kappa shape index (κ2) is 3.46. The van der Waals surface area contributed by atoms with Gasteiger partial charge in [-0.25, -0.2) is 4.98 Å². The van der Waals surface area contributed by atoms with Gasteiger partial charge in [0.15, 0.2) is 0 Å². The van der Waals surface area contributed by atoms with Gasteiger partial charge in [-0.1, -0.05) is 0 Å². The van der Waals surface area contributed by atoms with E-state index in [9.17, 15) is 0 Å². The molecule has 4 heteroatoms. The van der Waals surface area contributed by atoms with Crippen LogP contribution in [0.1, 0.15) is 5.69 Å². The molecular formula is C6H6Br2N2. The third kappa shape index (κ3) is 1.78. The van der Waals surface area contributed by atoms with Crippen molar-refractivity contribution in [2.24, 2.45) is 5.73 Å². The average Bonchev–Trinajstić information content (AvgIpc) is 1.94. The Hall–Kier alpha value is 0.0700. The molecule has 1 aromatic rings. The molecule has 10 heavy (non-hydrogen) atoms. The van der Waals surface area contributed by atoms with Crippen LogP contribution in [0.5, 0.6) is 0 Å². The Balaban J connectivity index is 3.09. The zero-order chi connectivity index (χ0) is 7.56. The van der Waals surface area contributed by atoms with E-state index in [2.05, 4.69) is 36.8 Å². The topological polar surface area (TPSA) is 38.9 Å². The minimum absolute atomic E-state index is 0.458. The van der Waals surface area contributed by atoms with Crippen LogP contribution in [-0.2, 0) is 6.54 Å². The summed E-state index contributed by atoms with van der Waals surface area (Å²) in [4.78, 5) is 4.14. The monoisotopic (exact) mass is 264 g/mol. The molecular weight excluding hydrogens is 260 g/mol. The van der Waals surface area contributed by atoms with Crippen molar-refractivity contribution in [3.63, 3.8) is 0 Å². The van der Waals surface area contributed by atoms with Crippen LogP contribution < -0.4 is 5.73 Å². The van der Waals surface area contributed by atoms with Crippen molar-refractivity contribution in [2.75, 3.05) is 0 Å². The number of hydrogen-bond acceptors (Lipinski definition) is 2. The number of pyridine rings is 1. The molecule has 0 aliphatic heterocycles. The molecule has 0 atom stereocenters. The van der Waals surface area contributed by atoms with Crippen LogP contribution in [0, 0.1) is 0 Å². The van der Waals surface area contributed by atoms with E-state index in [0.29, 0.717) is 6.54 Å². The van der Waals surface area contributed by atoms with Crippen LogP contribution in [-0.4, -0.2) is 4.98 Å². The average molecular weight is 266 g/mol. The predicted octanol–water partition coefficient (Wildman–Crippen LogP) is 2.07. The van der Waals surface area contributed by atoms with E-state index < -0.39 is 0 Å². The summed E-state index contributed by atoms with van der Waals surface area (Å²) >= 11 is 6.58. The van der Waals surface area contributed by atoms with E-state index in [1.165, 1.54) is 0 Å². The minimum Gasteiger partial charge on any atom is -0.325 e. The number of halogens is 2. The molecule has 0 bridgehead atoms. The third-order valence-electron chi connectivity index (χ3n) is 1.08. The van der Waals surface area contributed by atoms with Gasteiger partial charge in [0.25, 0.3) is 0 Å². The normalized spacial score (nSPS) is 9.90. The summed E-state index contributed by atoms with van der Waals surface area (Å²) in [6.07, 6.45) is 0. The Morgan fingerprint density at radius 3 is 2.60 bits per heavy atom. The van der Waals surface area contributed by atoms with Gasteiger partial charge in [0.2, 0.25) is 0 Å². The lowest BCUT2D eigenvalue weighted by Crippen LogP contribution is -2.00. The minimum atomic E-state index is 0.458. The number of nitrogens with zero attached hydrogens (tertiary/aromatic N) is 1. The molecule has 2 nitrogen and oxygen atoms in total. The molecule has 1 heterocycles. The van der Waals surface area contributed by atoms with Crippen LogP contribution in [0.25, 0.3) is 0 Å². The molecule has 0 fully saturated rings. The zero-order valence-electron chi connectivity index (χ0n) is 5.14. The molecule has 54 valence electrons. The van der Waals surface area contributed by atoms with Crippen molar-refractivity contribution in [3.05, 3.63) is 26.9 Å². The van der Waals surface area contributed by atoms with E-state index in [4.69, 9.17) is 5.73 Å². The van der Waals surface area contributed by atoms with Gasteiger partial charge >= 0.3 is 0 Å². The highest BCUT2D eigenvalue weighted by Crippen LogP contribution is 2.16. The Kier molecular flexibility index (Phi) is 2.82. The van der Waals surface area contributed by atoms with Gasteiger partial charge in [0.05, 0.1) is 5.69 Å². The fourth-order valence-corrected chi connectivity index (χ4v) is 1.33. The van der Waals surface area contributed by atoms with Crippen molar-refractivity contribution in [2.45, 2.75) is 6.54 Å². The van der Waals surface area contributed by atoms with Crippen LogP contribution >= 0.6 is 31.9 Å². The number of rotatable bonds is 1. The first-order valence-corrected chi connectivity index (χ1v) is 4.33. The van der Waals surface area contributed by atoms with E-state index in [0.717, 1.165) is 14.8 Å². The highest BCUT2D eigenvalue weighted by atomic mass is 79.9. The summed E-state index contributed by atoms with van der Waals surface area (Å²) in [5.74, 6) is 0. The molecule has 1 rings (SSSR count). The lowest BCUT2D eigenvalue weighted by molar-refractivity contribution is 0.969. The summed E-state index contributed by atoms with van der Waals surface area (Å²) in [6.45, 7) is 0.458. The third-order valence-corrected chi connectivity index (χ3v) is 2.24. The predicted molar refractivity (Wildman–Crippen MR) is 47.5 cm³/mol. The molecule has 0 radical (unpaired) electrons. The smallest absolute Gasteiger partial charge is 0.106 e. The molecule has 1 aromatic heterocycles. The first-order chi connectivity index (χ1) is 4.74. The molecule has 0 aliphatic rings. The van der Waals surface area contributed by atoms with Crippen molar-refractivity contribution in [3.8, 4) is 0 Å². The molecule has 0 unspecified atom stereocenters. The summed E-state index contributed by atoms with van der Waals surface area (Å²) in [5.41, 5.74) is 6.28. The Labute approximate surface area is 76.1 Å². The second-order valence-electron chi connectivity index (χ2n) is 1.77. The van der Waals surface area contributed by atoms with E-state index in [1.807, 2.05) is 12.1 Å². The number of hydrogen-bond donors (Lipinski definition) is 1. The fourth-order valence-electron chi connectivity index (χ4n) is 0.601. The van der Waals surface area contributed by atoms with Gasteiger partial charge in [-0.15, -0.1) is 0 Å². The van der Waals surface area contributed by atoms with Crippen molar-refractivity contribution < 1.29 is 0 Å². The standard InChI is InChI=1S/C6H6Br2N2/c7-4-1-2-6(8)10-5(4)3-9/h1-2H,3,9H2. The lowest BCUT2D eigenvalue weighted by Gasteiger charge is -1.98. The van der Waals surface area contributed by atoms with E-state index >= 15 is 0 Å². The fraction of sp³-hybridized carbons (Fsp3) is 0.167. The molecule has 2 N–H and O–H groups in total. The highest BCUT2D eigenvalue weighted by Gasteiger charge is 1.98. The van der Waals surface area contributed by atoms with Crippen molar-refractivity contribution in [1.29, 1.82) is 0 Å². The number of nitrogens with two attached hydrogens (primary N) is 1. The molecule has 0 saturated carbocycles. The molecule has 0 aliphatic carbocycles. The molecule has 0 amide bonds. The molecule has 0 saturated heterocycles. The largest absolute Gasteiger partial charge is 0.325 e. The summed E-state index contributed by atoms with van der Waals surface area (Å²) in [6, 6.07) is 3.78. The van der Waals surface area contributed by atoms with Gasteiger partial charge in [0.1, 0.15) is 4.60 Å². The first kappa shape index (κ1) is 8.17. The van der Waals surface area contributed by atoms with E-state index in [-0.39, 0.29) is 0 Å². The van der Waals surface area contributed by atoms with Crippen LogP contribution in [0.4, 0.5) is 0 Å². The van der Waals surface area contributed by atoms with Crippen LogP contribution in [0.2, 0.25) is 0 Å². The quantitative estimate of drug-likeness (QED) is 0.790. The Morgan fingerprint density at radius 1 is 1.40 bits per heavy atom. The Bertz CT molecular complexity index is 237. The maximum absolute atomic E-state index is 5.41. The van der Waals surface area contributed by atoms with Gasteiger partial charge in [-0.05, 0) is 44.0 Å². The summed E-state index contributed by atoms with van der Waals surface area (Å²) < 4.78 is 1.77.